The fourth-order valence-electron chi connectivity index (χ4n) is 1.40. The summed E-state index contributed by atoms with van der Waals surface area (Å²) in [5.41, 5.74) is 0.538. The second kappa shape index (κ2) is 7.23. The van der Waals surface area contributed by atoms with Crippen molar-refractivity contribution < 1.29 is 23.0 Å². The summed E-state index contributed by atoms with van der Waals surface area (Å²) < 4.78 is 33.8. The summed E-state index contributed by atoms with van der Waals surface area (Å²) in [4.78, 5) is 11.4. The van der Waals surface area contributed by atoms with E-state index in [2.05, 4.69) is 4.74 Å². The lowest BCUT2D eigenvalue weighted by Crippen LogP contribution is -2.10. The second-order valence-corrected chi connectivity index (χ2v) is 4.57. The molecule has 4 nitrogen and oxygen atoms in total. The minimum atomic E-state index is -2.96. The van der Waals surface area contributed by atoms with Crippen LogP contribution in [0.15, 0.2) is 12.1 Å². The van der Waals surface area contributed by atoms with E-state index in [1.54, 1.807) is 29.5 Å². The molecule has 0 unspecified atom stereocenters. The molecule has 0 aliphatic rings. The van der Waals surface area contributed by atoms with Crippen molar-refractivity contribution in [2.45, 2.75) is 20.0 Å². The molecule has 0 radical (unpaired) electrons. The molecule has 0 saturated heterocycles. The van der Waals surface area contributed by atoms with Crippen LogP contribution in [0.4, 0.5) is 8.78 Å². The molecule has 0 heterocycles. The Labute approximate surface area is 122 Å². The van der Waals surface area contributed by atoms with Gasteiger partial charge in [0, 0.05) is 0 Å². The summed E-state index contributed by atoms with van der Waals surface area (Å²) in [5.74, 6) is -0.558. The van der Waals surface area contributed by atoms with Gasteiger partial charge in [0.2, 0.25) is 0 Å². The number of rotatable bonds is 5. The van der Waals surface area contributed by atoms with E-state index in [1.807, 2.05) is 6.07 Å². The maximum atomic E-state index is 12.2. The Morgan fingerprint density at radius 2 is 2.21 bits per heavy atom. The van der Waals surface area contributed by atoms with Gasteiger partial charge in [0.25, 0.3) is 0 Å². The lowest BCUT2D eigenvalue weighted by atomic mass is 10.1. The lowest BCUT2D eigenvalue weighted by Gasteiger charge is -2.10. The first-order chi connectivity index (χ1) is 8.97. The smallest absolute Gasteiger partial charge is 0.387 e. The summed E-state index contributed by atoms with van der Waals surface area (Å²) in [5, 5.41) is 8.96. The third kappa shape index (κ3) is 4.63. The standard InChI is InChI=1S/C12H10F2INO3/c1-2-18-11(17)5-7-3-9(15)10(19-12(13)14)4-8(7)6-16/h3-4,12H,2,5H2,1H3. The highest BCUT2D eigenvalue weighted by Gasteiger charge is 2.15. The topological polar surface area (TPSA) is 59.3 Å². The number of halogens is 3. The maximum Gasteiger partial charge on any atom is 0.387 e. The fourth-order valence-corrected chi connectivity index (χ4v) is 2.06. The summed E-state index contributed by atoms with van der Waals surface area (Å²) in [6.45, 7) is -1.05. The Balaban J connectivity index is 3.04. The highest BCUT2D eigenvalue weighted by atomic mass is 127. The van der Waals surface area contributed by atoms with Gasteiger partial charge in [0.1, 0.15) is 5.75 Å². The van der Waals surface area contributed by atoms with Gasteiger partial charge in [-0.3, -0.25) is 4.79 Å². The summed E-state index contributed by atoms with van der Waals surface area (Å²) in [6, 6.07) is 4.51. The number of carbonyl (C=O) groups excluding carboxylic acids is 1. The predicted octanol–water partition coefficient (Wildman–Crippen LogP) is 2.87. The molecule has 0 saturated carbocycles. The van der Waals surface area contributed by atoms with Crippen molar-refractivity contribution in [3.63, 3.8) is 0 Å². The van der Waals surface area contributed by atoms with Crippen molar-refractivity contribution in [3.8, 4) is 11.8 Å². The fraction of sp³-hybridized carbons (Fsp3) is 0.333. The first kappa shape index (κ1) is 15.6. The normalized spacial score (nSPS) is 10.1. The molecular weight excluding hydrogens is 371 g/mol. The van der Waals surface area contributed by atoms with Crippen molar-refractivity contribution in [2.24, 2.45) is 0 Å². The molecule has 0 fully saturated rings. The Hall–Kier alpha value is -1.43. The molecule has 0 aliphatic heterocycles. The molecule has 0 spiro atoms. The number of esters is 1. The van der Waals surface area contributed by atoms with Gasteiger partial charge in [-0.1, -0.05) is 0 Å². The number of alkyl halides is 2. The third-order valence-corrected chi connectivity index (χ3v) is 2.98. The van der Waals surface area contributed by atoms with Crippen LogP contribution < -0.4 is 4.74 Å². The molecule has 102 valence electrons. The molecule has 1 rings (SSSR count). The quantitative estimate of drug-likeness (QED) is 0.582. The Kier molecular flexibility index (Phi) is 5.95. The monoisotopic (exact) mass is 381 g/mol. The van der Waals surface area contributed by atoms with Crippen LogP contribution in [-0.2, 0) is 16.0 Å². The predicted molar refractivity (Wildman–Crippen MR) is 70.8 cm³/mol. The van der Waals surface area contributed by atoms with Crippen LogP contribution in [0.1, 0.15) is 18.1 Å². The van der Waals surface area contributed by atoms with Gasteiger partial charge >= 0.3 is 12.6 Å². The van der Waals surface area contributed by atoms with Gasteiger partial charge in [-0.2, -0.15) is 14.0 Å². The van der Waals surface area contributed by atoms with Gasteiger partial charge in [-0.15, -0.1) is 0 Å². The number of nitrogens with zero attached hydrogens (tertiary/aromatic N) is 1. The minimum Gasteiger partial charge on any atom is -0.466 e. The van der Waals surface area contributed by atoms with Gasteiger partial charge < -0.3 is 9.47 Å². The van der Waals surface area contributed by atoms with Gasteiger partial charge in [-0.25, -0.2) is 0 Å². The lowest BCUT2D eigenvalue weighted by molar-refractivity contribution is -0.142. The van der Waals surface area contributed by atoms with Crippen LogP contribution in [0.25, 0.3) is 0 Å². The van der Waals surface area contributed by atoms with E-state index < -0.39 is 12.6 Å². The van der Waals surface area contributed by atoms with Crippen LogP contribution in [0, 0.1) is 14.9 Å². The third-order valence-electron chi connectivity index (χ3n) is 2.13. The van der Waals surface area contributed by atoms with Crippen molar-refractivity contribution >= 4 is 28.6 Å². The maximum absolute atomic E-state index is 12.2. The Bertz CT molecular complexity index is 514. The second-order valence-electron chi connectivity index (χ2n) is 3.41. The first-order valence-corrected chi connectivity index (χ1v) is 6.38. The highest BCUT2D eigenvalue weighted by Crippen LogP contribution is 2.27. The number of hydrogen-bond donors (Lipinski definition) is 0. The van der Waals surface area contributed by atoms with E-state index in [0.29, 0.717) is 9.13 Å². The highest BCUT2D eigenvalue weighted by molar-refractivity contribution is 14.1. The van der Waals surface area contributed by atoms with E-state index in [4.69, 9.17) is 10.00 Å². The molecule has 19 heavy (non-hydrogen) atoms. The van der Waals surface area contributed by atoms with E-state index >= 15 is 0 Å². The van der Waals surface area contributed by atoms with Crippen LogP contribution >= 0.6 is 22.6 Å². The van der Waals surface area contributed by atoms with Crippen molar-refractivity contribution in [2.75, 3.05) is 6.61 Å². The van der Waals surface area contributed by atoms with Crippen molar-refractivity contribution in [3.05, 3.63) is 26.8 Å². The molecule has 7 heteroatoms. The van der Waals surface area contributed by atoms with Crippen LogP contribution in [0.3, 0.4) is 0 Å². The van der Waals surface area contributed by atoms with Crippen LogP contribution in [-0.4, -0.2) is 19.2 Å². The number of benzene rings is 1. The van der Waals surface area contributed by atoms with E-state index in [1.165, 1.54) is 12.1 Å². The molecule has 0 aromatic heterocycles. The van der Waals surface area contributed by atoms with Crippen LogP contribution in [0.5, 0.6) is 5.75 Å². The largest absolute Gasteiger partial charge is 0.466 e. The molecule has 0 aliphatic carbocycles. The SMILES string of the molecule is CCOC(=O)Cc1cc(I)c(OC(F)F)cc1C#N. The zero-order valence-electron chi connectivity index (χ0n) is 9.95. The summed E-state index contributed by atoms with van der Waals surface area (Å²) in [6.07, 6.45) is -0.0817. The average molecular weight is 381 g/mol. The summed E-state index contributed by atoms with van der Waals surface area (Å²) >= 11 is 1.80. The number of ether oxygens (including phenoxy) is 2. The molecule has 1 aromatic carbocycles. The van der Waals surface area contributed by atoms with E-state index in [-0.39, 0.29) is 24.3 Å². The van der Waals surface area contributed by atoms with E-state index in [0.717, 1.165) is 0 Å². The number of hydrogen-bond acceptors (Lipinski definition) is 4. The van der Waals surface area contributed by atoms with Gasteiger partial charge in [0.05, 0.1) is 28.2 Å². The Morgan fingerprint density at radius 1 is 1.53 bits per heavy atom. The molecule has 0 atom stereocenters. The molecular formula is C12H10F2INO3. The van der Waals surface area contributed by atoms with Gasteiger partial charge in [-0.05, 0) is 47.2 Å². The first-order valence-electron chi connectivity index (χ1n) is 5.30. The minimum absolute atomic E-state index is 0.0817. The molecule has 0 bridgehead atoms. The average Bonchev–Trinajstić information content (AvgIpc) is 2.32. The summed E-state index contributed by atoms with van der Waals surface area (Å²) in [7, 11) is 0. The van der Waals surface area contributed by atoms with Crippen molar-refractivity contribution in [1.29, 1.82) is 5.26 Å². The van der Waals surface area contributed by atoms with Gasteiger partial charge in [0.15, 0.2) is 0 Å². The Morgan fingerprint density at radius 3 is 2.74 bits per heavy atom. The van der Waals surface area contributed by atoms with E-state index in [9.17, 15) is 13.6 Å². The number of carbonyl (C=O) groups is 1. The van der Waals surface area contributed by atoms with Crippen molar-refractivity contribution in [1.82, 2.24) is 0 Å². The zero-order valence-corrected chi connectivity index (χ0v) is 12.1. The molecule has 1 aromatic rings. The number of nitriles is 1. The molecule has 0 N–H and O–H groups in total. The molecule has 0 amide bonds. The zero-order chi connectivity index (χ0) is 14.4. The van der Waals surface area contributed by atoms with Crippen LogP contribution in [0.2, 0.25) is 0 Å².